The third-order valence-corrected chi connectivity index (χ3v) is 12.3. The highest BCUT2D eigenvalue weighted by atomic mass is 32.2. The van der Waals surface area contributed by atoms with Crippen LogP contribution in [-0.2, 0) is 27.4 Å². The molecular weight excluding hydrogens is 625 g/mol. The van der Waals surface area contributed by atoms with Crippen LogP contribution in [0.2, 0.25) is 0 Å². The van der Waals surface area contributed by atoms with Crippen molar-refractivity contribution in [2.45, 2.75) is 96.4 Å². The maximum absolute atomic E-state index is 10.8. The van der Waals surface area contributed by atoms with E-state index in [1.807, 2.05) is 11.3 Å². The fourth-order valence-electron chi connectivity index (χ4n) is 5.43. The number of thiophene rings is 1. The van der Waals surface area contributed by atoms with Crippen LogP contribution in [-0.4, -0.2) is 13.0 Å². The van der Waals surface area contributed by atoms with Crippen LogP contribution in [0.15, 0.2) is 146 Å². The van der Waals surface area contributed by atoms with E-state index in [2.05, 4.69) is 109 Å². The van der Waals surface area contributed by atoms with Gasteiger partial charge in [-0.3, -0.25) is 0 Å². The number of unbranched alkanes of at least 4 members (excludes halogenated alkanes) is 9. The first-order chi connectivity index (χ1) is 22.5. The lowest BCUT2D eigenvalue weighted by Gasteiger charge is -2.10. The van der Waals surface area contributed by atoms with Gasteiger partial charge in [0.15, 0.2) is 9.79 Å². The molecule has 0 saturated carbocycles. The zero-order chi connectivity index (χ0) is 32.5. The van der Waals surface area contributed by atoms with Crippen molar-refractivity contribution in [3.8, 4) is 11.1 Å². The summed E-state index contributed by atoms with van der Waals surface area (Å²) < 4.78 is 33.9. The standard InChI is InChI=1S/C22H17S2.C18H30O3S/c1-3-10-18(11-4-1)20-14-7-8-15-21(20)24(22-16-9-17-23-22)19-12-5-2-6-13-19;1-2-3-4-5-6-7-8-9-10-11-12-17-13-15-18(16-14-17)22(19,20)21/h1-17H;13-16H,2-12H2,1H3,(H,19,20,21)/q+1;/p-1. The molecule has 0 N–H and O–H groups in total. The molecule has 0 aliphatic rings. The van der Waals surface area contributed by atoms with Crippen LogP contribution in [0.1, 0.15) is 76.7 Å². The number of aryl methyl sites for hydroxylation is 1. The topological polar surface area (TPSA) is 57.2 Å². The summed E-state index contributed by atoms with van der Waals surface area (Å²) in [5, 5.41) is 2.17. The molecular formula is C40H46O3S3. The van der Waals surface area contributed by atoms with Gasteiger partial charge in [0.05, 0.1) is 4.90 Å². The quantitative estimate of drug-likeness (QED) is 0.0596. The maximum atomic E-state index is 10.8. The van der Waals surface area contributed by atoms with E-state index in [9.17, 15) is 13.0 Å². The second-order valence-electron chi connectivity index (χ2n) is 11.4. The molecule has 0 bridgehead atoms. The Balaban J connectivity index is 0.000000210. The first-order valence-electron chi connectivity index (χ1n) is 16.5. The molecule has 1 heterocycles. The molecule has 0 aliphatic carbocycles. The largest absolute Gasteiger partial charge is 0.744 e. The van der Waals surface area contributed by atoms with Crippen LogP contribution < -0.4 is 0 Å². The Morgan fingerprint density at radius 2 is 1.17 bits per heavy atom. The molecule has 0 saturated heterocycles. The number of hydrogen-bond donors (Lipinski definition) is 0. The SMILES string of the molecule is CCCCCCCCCCCCc1ccc(S(=O)(=O)[O-])cc1.c1ccc(-c2ccccc2[S+](c2ccccc2)c2cccs2)cc1. The molecule has 0 fully saturated rings. The highest BCUT2D eigenvalue weighted by Crippen LogP contribution is 2.39. The van der Waals surface area contributed by atoms with Gasteiger partial charge in [-0.25, -0.2) is 8.42 Å². The molecule has 1 atom stereocenters. The molecule has 0 spiro atoms. The van der Waals surface area contributed by atoms with Crippen LogP contribution in [0.4, 0.5) is 0 Å². The van der Waals surface area contributed by atoms with Crippen molar-refractivity contribution in [2.75, 3.05) is 0 Å². The van der Waals surface area contributed by atoms with E-state index in [0.717, 1.165) is 18.4 Å². The molecule has 5 aromatic rings. The van der Waals surface area contributed by atoms with E-state index in [0.29, 0.717) is 0 Å². The van der Waals surface area contributed by atoms with E-state index < -0.39 is 10.1 Å². The lowest BCUT2D eigenvalue weighted by atomic mass is 10.0. The zero-order valence-corrected chi connectivity index (χ0v) is 29.3. The summed E-state index contributed by atoms with van der Waals surface area (Å²) in [6.07, 6.45) is 14.0. The third kappa shape index (κ3) is 11.6. The Kier molecular flexibility index (Phi) is 15.1. The summed E-state index contributed by atoms with van der Waals surface area (Å²) in [6, 6.07) is 41.0. The van der Waals surface area contributed by atoms with E-state index >= 15 is 0 Å². The normalized spacial score (nSPS) is 11.9. The van der Waals surface area contributed by atoms with Crippen LogP contribution in [0, 0.1) is 0 Å². The lowest BCUT2D eigenvalue weighted by molar-refractivity contribution is 0.463. The average Bonchev–Trinajstić information content (AvgIpc) is 3.62. The van der Waals surface area contributed by atoms with Gasteiger partial charge in [-0.1, -0.05) is 149 Å². The van der Waals surface area contributed by atoms with Gasteiger partial charge in [0.25, 0.3) is 0 Å². The fraction of sp³-hybridized carbons (Fsp3) is 0.300. The van der Waals surface area contributed by atoms with Gasteiger partial charge in [0.2, 0.25) is 4.21 Å². The zero-order valence-electron chi connectivity index (χ0n) is 26.9. The van der Waals surface area contributed by atoms with Gasteiger partial charge in [0, 0.05) is 11.6 Å². The minimum atomic E-state index is -4.31. The Labute approximate surface area is 283 Å². The van der Waals surface area contributed by atoms with Crippen LogP contribution in [0.3, 0.4) is 0 Å². The summed E-state index contributed by atoms with van der Waals surface area (Å²) in [7, 11) is -4.39. The van der Waals surface area contributed by atoms with E-state index in [1.165, 1.54) is 95.0 Å². The summed E-state index contributed by atoms with van der Waals surface area (Å²) in [5.74, 6) is 0. The molecule has 1 aromatic heterocycles. The molecule has 242 valence electrons. The van der Waals surface area contributed by atoms with Crippen molar-refractivity contribution in [3.63, 3.8) is 0 Å². The second kappa shape index (κ2) is 19.5. The van der Waals surface area contributed by atoms with Crippen molar-refractivity contribution in [1.82, 2.24) is 0 Å². The summed E-state index contributed by atoms with van der Waals surface area (Å²) in [6.45, 7) is 2.24. The number of rotatable bonds is 16. The highest BCUT2D eigenvalue weighted by molar-refractivity contribution is 7.99. The average molecular weight is 671 g/mol. The van der Waals surface area contributed by atoms with Crippen molar-refractivity contribution in [3.05, 3.63) is 132 Å². The minimum Gasteiger partial charge on any atom is -0.744 e. The predicted molar refractivity (Wildman–Crippen MR) is 195 cm³/mol. The lowest BCUT2D eigenvalue weighted by Crippen LogP contribution is -2.04. The molecule has 4 aromatic carbocycles. The number of hydrogen-bond acceptors (Lipinski definition) is 4. The first kappa shape index (κ1) is 35.7. The summed E-state index contributed by atoms with van der Waals surface area (Å²) >= 11 is 1.84. The predicted octanol–water partition coefficient (Wildman–Crippen LogP) is 11.6. The Morgan fingerprint density at radius 3 is 1.76 bits per heavy atom. The summed E-state index contributed by atoms with van der Waals surface area (Å²) in [5.41, 5.74) is 3.70. The minimum absolute atomic E-state index is 0.0770. The molecule has 3 nitrogen and oxygen atoms in total. The van der Waals surface area contributed by atoms with E-state index in [-0.39, 0.29) is 15.8 Å². The highest BCUT2D eigenvalue weighted by Gasteiger charge is 2.32. The van der Waals surface area contributed by atoms with Gasteiger partial charge < -0.3 is 4.55 Å². The second-order valence-corrected chi connectivity index (χ2v) is 16.0. The molecule has 0 aliphatic heterocycles. The Morgan fingerprint density at radius 1 is 0.609 bits per heavy atom. The molecule has 1 unspecified atom stereocenters. The van der Waals surface area contributed by atoms with E-state index in [4.69, 9.17) is 0 Å². The molecule has 5 rings (SSSR count). The monoisotopic (exact) mass is 670 g/mol. The van der Waals surface area contributed by atoms with Gasteiger partial charge in [-0.05, 0) is 71.8 Å². The van der Waals surface area contributed by atoms with Gasteiger partial charge in [-0.15, -0.1) is 0 Å². The molecule has 0 amide bonds. The molecule has 0 radical (unpaired) electrons. The Hall–Kier alpha value is -3.16. The fourth-order valence-corrected chi connectivity index (χ4v) is 9.42. The van der Waals surface area contributed by atoms with Crippen LogP contribution >= 0.6 is 11.3 Å². The van der Waals surface area contributed by atoms with Crippen molar-refractivity contribution in [1.29, 1.82) is 0 Å². The van der Waals surface area contributed by atoms with Crippen molar-refractivity contribution < 1.29 is 13.0 Å². The Bertz CT molecular complexity index is 1630. The van der Waals surface area contributed by atoms with Crippen LogP contribution in [0.5, 0.6) is 0 Å². The third-order valence-electron chi connectivity index (χ3n) is 7.90. The molecule has 46 heavy (non-hydrogen) atoms. The van der Waals surface area contributed by atoms with Gasteiger partial charge >= 0.3 is 0 Å². The number of benzene rings is 4. The summed E-state index contributed by atoms with van der Waals surface area (Å²) in [4.78, 5) is 2.61. The molecule has 6 heteroatoms. The smallest absolute Gasteiger partial charge is 0.220 e. The first-order valence-corrected chi connectivity index (χ1v) is 20.0. The van der Waals surface area contributed by atoms with Crippen LogP contribution in [0.25, 0.3) is 11.1 Å². The van der Waals surface area contributed by atoms with E-state index in [1.54, 1.807) is 12.1 Å². The van der Waals surface area contributed by atoms with Crippen molar-refractivity contribution in [2.24, 2.45) is 0 Å². The maximum Gasteiger partial charge on any atom is 0.220 e. The van der Waals surface area contributed by atoms with Crippen molar-refractivity contribution >= 4 is 32.3 Å². The van der Waals surface area contributed by atoms with Gasteiger partial charge in [-0.2, -0.15) is 0 Å². The van der Waals surface area contributed by atoms with Gasteiger partial charge in [0.1, 0.15) is 21.0 Å².